The zero-order valence-corrected chi connectivity index (χ0v) is 15.8. The maximum atomic E-state index is 14.9. The molecule has 166 valence electrons. The van der Waals surface area contributed by atoms with Gasteiger partial charge in [-0.15, -0.1) is 0 Å². The van der Waals surface area contributed by atoms with E-state index >= 15 is 0 Å². The highest BCUT2D eigenvalue weighted by Crippen LogP contribution is 2.34. The first-order chi connectivity index (χ1) is 14.8. The van der Waals surface area contributed by atoms with Crippen LogP contribution in [0.1, 0.15) is 0 Å². The number of halogens is 12. The number of hydrogen-bond acceptors (Lipinski definition) is 0. The van der Waals surface area contributed by atoms with Gasteiger partial charge in [-0.3, -0.25) is 0 Å². The van der Waals surface area contributed by atoms with Gasteiger partial charge in [-0.25, -0.2) is 52.7 Å². The summed E-state index contributed by atoms with van der Waals surface area (Å²) in [6, 6.07) is 0. The highest BCUT2D eigenvalue weighted by molar-refractivity contribution is 7.27. The lowest BCUT2D eigenvalue weighted by Crippen LogP contribution is -2.56. The summed E-state index contributed by atoms with van der Waals surface area (Å²) in [5, 5.41) is -1.27. The van der Waals surface area contributed by atoms with Gasteiger partial charge in [0.1, 0.15) is 5.82 Å². The van der Waals surface area contributed by atoms with Gasteiger partial charge in [0, 0.05) is 21.9 Å². The highest BCUT2D eigenvalue weighted by Gasteiger charge is 2.49. The van der Waals surface area contributed by atoms with E-state index in [4.69, 9.17) is 0 Å². The summed E-state index contributed by atoms with van der Waals surface area (Å²) in [6.45, 7) is -2.90. The van der Waals surface area contributed by atoms with Crippen LogP contribution in [0.3, 0.4) is 0 Å². The molecule has 1 aliphatic rings. The smallest absolute Gasteiger partial charge is 0.207 e. The number of rotatable bonds is 1. The maximum absolute atomic E-state index is 14.9. The van der Waals surface area contributed by atoms with Crippen LogP contribution in [0, 0.1) is 69.8 Å². The van der Waals surface area contributed by atoms with Crippen molar-refractivity contribution in [1.29, 1.82) is 0 Å². The molecule has 4 rings (SSSR count). The van der Waals surface area contributed by atoms with Crippen LogP contribution in [0.5, 0.6) is 0 Å². The van der Waals surface area contributed by atoms with E-state index in [1.54, 1.807) is 0 Å². The number of hydrogen-bond donors (Lipinski definition) is 0. The third kappa shape index (κ3) is 2.60. The molecule has 0 nitrogen and oxygen atoms in total. The Morgan fingerprint density at radius 2 is 0.656 bits per heavy atom. The van der Waals surface area contributed by atoms with Crippen LogP contribution in [0.4, 0.5) is 52.7 Å². The quantitative estimate of drug-likeness (QED) is 0.127. The van der Waals surface area contributed by atoms with Crippen LogP contribution >= 0.6 is 9.24 Å². The van der Waals surface area contributed by atoms with Crippen molar-refractivity contribution in [1.82, 2.24) is 0 Å². The average Bonchev–Trinajstić information content (AvgIpc) is 3.12. The van der Waals surface area contributed by atoms with Crippen LogP contribution in [0.25, 0.3) is 11.1 Å². The molecule has 0 saturated carbocycles. The molecule has 1 aliphatic heterocycles. The van der Waals surface area contributed by atoms with Crippen molar-refractivity contribution in [2.75, 3.05) is 0 Å². The van der Waals surface area contributed by atoms with Crippen LogP contribution in [-0.4, -0.2) is 6.71 Å². The summed E-state index contributed by atoms with van der Waals surface area (Å²) in [7, 11) is 1.33. The number of fused-ring (bicyclic) bond motifs is 3. The molecule has 0 bridgehead atoms. The summed E-state index contributed by atoms with van der Waals surface area (Å²) in [6.07, 6.45) is 0. The fraction of sp³-hybridized carbons (Fsp3) is 0. The van der Waals surface area contributed by atoms with Gasteiger partial charge in [0.25, 0.3) is 6.71 Å². The Kier molecular flexibility index (Phi) is 5.04. The monoisotopic (exact) mass is 488 g/mol. The van der Waals surface area contributed by atoms with Gasteiger partial charge in [0.2, 0.25) is 0 Å². The fourth-order valence-electron chi connectivity index (χ4n) is 3.69. The Balaban J connectivity index is 2.31. The molecule has 0 N–H and O–H groups in total. The van der Waals surface area contributed by atoms with Crippen molar-refractivity contribution in [3.63, 3.8) is 0 Å². The Bertz CT molecular complexity index is 1270. The van der Waals surface area contributed by atoms with Crippen LogP contribution in [0.2, 0.25) is 0 Å². The van der Waals surface area contributed by atoms with Gasteiger partial charge in [0.15, 0.2) is 64.0 Å². The second kappa shape index (κ2) is 7.16. The zero-order valence-electron chi connectivity index (χ0n) is 14.7. The molecular formula is C18H2BF12P. The van der Waals surface area contributed by atoms with Gasteiger partial charge < -0.3 is 0 Å². The van der Waals surface area contributed by atoms with Crippen molar-refractivity contribution in [2.24, 2.45) is 0 Å². The van der Waals surface area contributed by atoms with Gasteiger partial charge in [0.05, 0.1) is 0 Å². The lowest BCUT2D eigenvalue weighted by atomic mass is 9.38. The van der Waals surface area contributed by atoms with Gasteiger partial charge in [-0.2, -0.15) is 0 Å². The summed E-state index contributed by atoms with van der Waals surface area (Å²) >= 11 is 0. The molecule has 3 aromatic carbocycles. The molecule has 3 aromatic rings. The van der Waals surface area contributed by atoms with E-state index in [1.807, 2.05) is 0 Å². The summed E-state index contributed by atoms with van der Waals surface area (Å²) < 4.78 is 170. The van der Waals surface area contributed by atoms with E-state index < -0.39 is 109 Å². The largest absolute Gasteiger partial charge is 0.258 e. The zero-order chi connectivity index (χ0) is 24.0. The van der Waals surface area contributed by atoms with E-state index in [2.05, 4.69) is 0 Å². The van der Waals surface area contributed by atoms with E-state index in [-0.39, 0.29) is 0 Å². The summed E-state index contributed by atoms with van der Waals surface area (Å²) in [4.78, 5) is 0. The predicted molar refractivity (Wildman–Crippen MR) is 91.8 cm³/mol. The molecule has 0 saturated heterocycles. The first-order valence-electron chi connectivity index (χ1n) is 8.17. The Morgan fingerprint density at radius 1 is 0.344 bits per heavy atom. The normalized spacial score (nSPS) is 12.5. The molecule has 0 radical (unpaired) electrons. The molecule has 0 spiro atoms. The van der Waals surface area contributed by atoms with Crippen LogP contribution < -0.4 is 21.7 Å². The molecule has 0 aromatic heterocycles. The topological polar surface area (TPSA) is 0 Å². The summed E-state index contributed by atoms with van der Waals surface area (Å²) in [5.41, 5.74) is -8.47. The van der Waals surface area contributed by atoms with Crippen molar-refractivity contribution in [3.05, 3.63) is 69.8 Å². The molecule has 0 fully saturated rings. The van der Waals surface area contributed by atoms with Crippen LogP contribution in [-0.2, 0) is 0 Å². The fourth-order valence-corrected chi connectivity index (χ4v) is 3.97. The first kappa shape index (κ1) is 22.5. The third-order valence-corrected chi connectivity index (χ3v) is 5.56. The second-order valence-electron chi connectivity index (χ2n) is 6.61. The molecule has 14 heteroatoms. The molecule has 0 aliphatic carbocycles. The minimum atomic E-state index is -2.90. The minimum absolute atomic E-state index is 1.27. The maximum Gasteiger partial charge on any atom is 0.258 e. The van der Waals surface area contributed by atoms with E-state index in [0.717, 1.165) is 0 Å². The SMILES string of the molecule is Fc1c(F)c(F)c(B2c3c(F)c(F)c(F)c(F)c3-c3c(F)c(F)c(P)c(F)c32)c(F)c1F. The highest BCUT2D eigenvalue weighted by atomic mass is 31.0. The third-order valence-electron chi connectivity index (χ3n) is 5.05. The number of benzene rings is 3. The predicted octanol–water partition coefficient (Wildman–Crippen LogP) is 3.35. The Labute approximate surface area is 172 Å². The second-order valence-corrected chi connectivity index (χ2v) is 7.18. The standard InChI is InChI=1S/C18H2BF12P/c20-6-1-2-4(11(25)18(32)17(31)7(2)21)19(3(1)8(22)13(27)12(6)26)5-9(23)14(28)16(30)15(29)10(5)24/h32H2. The van der Waals surface area contributed by atoms with Gasteiger partial charge in [-0.05, 0) is 10.9 Å². The molecule has 0 amide bonds. The first-order valence-corrected chi connectivity index (χ1v) is 8.75. The van der Waals surface area contributed by atoms with E-state index in [1.165, 1.54) is 9.24 Å². The molecular weight excluding hydrogens is 486 g/mol. The summed E-state index contributed by atoms with van der Waals surface area (Å²) in [5.74, 6) is -29.3. The molecule has 32 heavy (non-hydrogen) atoms. The van der Waals surface area contributed by atoms with E-state index in [9.17, 15) is 52.7 Å². The van der Waals surface area contributed by atoms with Crippen LogP contribution in [0.15, 0.2) is 0 Å². The lowest BCUT2D eigenvalue weighted by molar-refractivity contribution is 0.384. The van der Waals surface area contributed by atoms with Crippen molar-refractivity contribution in [2.45, 2.75) is 0 Å². The van der Waals surface area contributed by atoms with Gasteiger partial charge in [-0.1, -0.05) is 9.24 Å². The van der Waals surface area contributed by atoms with E-state index in [0.29, 0.717) is 0 Å². The molecule has 1 atom stereocenters. The Hall–Kier alpha value is -2.69. The Morgan fingerprint density at radius 3 is 1.12 bits per heavy atom. The van der Waals surface area contributed by atoms with Gasteiger partial charge >= 0.3 is 0 Å². The minimum Gasteiger partial charge on any atom is -0.207 e. The average molecular weight is 488 g/mol. The lowest BCUT2D eigenvalue weighted by Gasteiger charge is -2.16. The van der Waals surface area contributed by atoms with Crippen molar-refractivity contribution in [3.8, 4) is 11.1 Å². The van der Waals surface area contributed by atoms with Crippen molar-refractivity contribution < 1.29 is 52.7 Å². The van der Waals surface area contributed by atoms with Crippen molar-refractivity contribution >= 4 is 37.6 Å². The molecule has 1 unspecified atom stereocenters. The molecule has 1 heterocycles.